The van der Waals surface area contributed by atoms with Crippen LogP contribution in [0.25, 0.3) is 0 Å². The van der Waals surface area contributed by atoms with E-state index in [0.29, 0.717) is 21.9 Å². The fourth-order valence-corrected chi connectivity index (χ4v) is 3.10. The van der Waals surface area contributed by atoms with Crippen molar-refractivity contribution < 1.29 is 19.1 Å². The number of nitrogens with one attached hydrogen (secondary N) is 1. The third-order valence-electron chi connectivity index (χ3n) is 3.95. The lowest BCUT2D eigenvalue weighted by atomic mass is 10.2. The molecule has 0 aromatic heterocycles. The predicted molar refractivity (Wildman–Crippen MR) is 119 cm³/mol. The van der Waals surface area contributed by atoms with Gasteiger partial charge in [0, 0.05) is 10.0 Å². The van der Waals surface area contributed by atoms with Crippen LogP contribution >= 0.6 is 27.5 Å². The standard InChI is InChI=1S/C22H16BrClN2O4/c1-29-20-11-14(13-25-26-21(27)15-5-4-6-16(23)12-15)9-10-19(20)30-22(28)17-7-2-3-8-18(17)24/h2-13H,1H3,(H,26,27)/b25-13-. The van der Waals surface area contributed by atoms with Gasteiger partial charge in [-0.15, -0.1) is 0 Å². The summed E-state index contributed by atoms with van der Waals surface area (Å²) in [4.78, 5) is 24.5. The van der Waals surface area contributed by atoms with Gasteiger partial charge in [-0.05, 0) is 54.1 Å². The Bertz CT molecular complexity index is 1120. The highest BCUT2D eigenvalue weighted by molar-refractivity contribution is 9.10. The molecule has 0 spiro atoms. The maximum atomic E-state index is 12.4. The smallest absolute Gasteiger partial charge is 0.345 e. The van der Waals surface area contributed by atoms with Gasteiger partial charge in [0.15, 0.2) is 11.5 Å². The molecule has 1 N–H and O–H groups in total. The summed E-state index contributed by atoms with van der Waals surface area (Å²) in [6.45, 7) is 0. The average molecular weight is 488 g/mol. The van der Waals surface area contributed by atoms with Gasteiger partial charge in [0.25, 0.3) is 5.91 Å². The molecule has 0 fully saturated rings. The Labute approximate surface area is 186 Å². The highest BCUT2D eigenvalue weighted by Crippen LogP contribution is 2.29. The van der Waals surface area contributed by atoms with E-state index in [1.54, 1.807) is 60.7 Å². The second-order valence-corrected chi connectivity index (χ2v) is 7.31. The molecule has 30 heavy (non-hydrogen) atoms. The van der Waals surface area contributed by atoms with E-state index in [-0.39, 0.29) is 17.2 Å². The molecule has 0 radical (unpaired) electrons. The van der Waals surface area contributed by atoms with Crippen LogP contribution in [0.4, 0.5) is 0 Å². The normalized spacial score (nSPS) is 10.6. The van der Waals surface area contributed by atoms with Crippen LogP contribution < -0.4 is 14.9 Å². The molecule has 3 aromatic carbocycles. The van der Waals surface area contributed by atoms with Crippen molar-refractivity contribution >= 4 is 45.6 Å². The average Bonchev–Trinajstić information content (AvgIpc) is 2.74. The number of benzene rings is 3. The van der Waals surface area contributed by atoms with Crippen molar-refractivity contribution in [1.82, 2.24) is 5.43 Å². The van der Waals surface area contributed by atoms with Gasteiger partial charge in [-0.1, -0.05) is 45.7 Å². The number of hydrogen-bond acceptors (Lipinski definition) is 5. The largest absolute Gasteiger partial charge is 0.493 e. The van der Waals surface area contributed by atoms with E-state index >= 15 is 0 Å². The Balaban J connectivity index is 1.69. The number of carbonyl (C=O) groups is 2. The molecule has 3 rings (SSSR count). The summed E-state index contributed by atoms with van der Waals surface area (Å²) in [6.07, 6.45) is 1.46. The monoisotopic (exact) mass is 486 g/mol. The molecule has 0 aliphatic heterocycles. The Morgan fingerprint density at radius 3 is 2.57 bits per heavy atom. The summed E-state index contributed by atoms with van der Waals surface area (Å²) in [7, 11) is 1.46. The van der Waals surface area contributed by atoms with E-state index in [1.807, 2.05) is 6.07 Å². The molecule has 0 aliphatic rings. The summed E-state index contributed by atoms with van der Waals surface area (Å²) in [6, 6.07) is 18.4. The maximum absolute atomic E-state index is 12.4. The molecule has 0 aliphatic carbocycles. The first kappa shape index (κ1) is 21.5. The summed E-state index contributed by atoms with van der Waals surface area (Å²) in [5, 5.41) is 4.25. The van der Waals surface area contributed by atoms with Crippen LogP contribution in [0.5, 0.6) is 11.5 Å². The van der Waals surface area contributed by atoms with Crippen LogP contribution in [0.3, 0.4) is 0 Å². The molecule has 0 saturated carbocycles. The quantitative estimate of drug-likeness (QED) is 0.227. The fraction of sp³-hybridized carbons (Fsp3) is 0.0455. The van der Waals surface area contributed by atoms with Crippen molar-refractivity contribution in [3.8, 4) is 11.5 Å². The second-order valence-electron chi connectivity index (χ2n) is 5.99. The number of esters is 1. The van der Waals surface area contributed by atoms with Crippen LogP contribution in [-0.2, 0) is 0 Å². The highest BCUT2D eigenvalue weighted by Gasteiger charge is 2.15. The van der Waals surface area contributed by atoms with Gasteiger partial charge in [-0.2, -0.15) is 5.10 Å². The third kappa shape index (κ3) is 5.46. The van der Waals surface area contributed by atoms with Gasteiger partial charge in [0.2, 0.25) is 0 Å². The number of nitrogens with zero attached hydrogens (tertiary/aromatic N) is 1. The van der Waals surface area contributed by atoms with E-state index in [9.17, 15) is 9.59 Å². The minimum atomic E-state index is -0.596. The zero-order chi connectivity index (χ0) is 21.5. The lowest BCUT2D eigenvalue weighted by Gasteiger charge is -2.10. The van der Waals surface area contributed by atoms with Gasteiger partial charge in [-0.25, -0.2) is 10.2 Å². The minimum Gasteiger partial charge on any atom is -0.493 e. The van der Waals surface area contributed by atoms with Gasteiger partial charge >= 0.3 is 5.97 Å². The summed E-state index contributed by atoms with van der Waals surface area (Å²) < 4.78 is 11.5. The van der Waals surface area contributed by atoms with E-state index < -0.39 is 5.97 Å². The van der Waals surface area contributed by atoms with E-state index in [4.69, 9.17) is 21.1 Å². The third-order valence-corrected chi connectivity index (χ3v) is 4.77. The lowest BCUT2D eigenvalue weighted by molar-refractivity contribution is 0.0729. The summed E-state index contributed by atoms with van der Waals surface area (Å²) in [5.41, 5.74) is 3.82. The van der Waals surface area contributed by atoms with Crippen molar-refractivity contribution in [2.75, 3.05) is 7.11 Å². The molecule has 3 aromatic rings. The van der Waals surface area contributed by atoms with Crippen molar-refractivity contribution in [3.05, 3.63) is 92.9 Å². The van der Waals surface area contributed by atoms with Crippen LogP contribution in [0.2, 0.25) is 5.02 Å². The maximum Gasteiger partial charge on any atom is 0.345 e. The van der Waals surface area contributed by atoms with Crippen molar-refractivity contribution in [3.63, 3.8) is 0 Å². The predicted octanol–water partition coefficient (Wildman–Crippen LogP) is 5.09. The molecule has 0 heterocycles. The van der Waals surface area contributed by atoms with Crippen LogP contribution in [0.15, 0.2) is 76.3 Å². The Kier molecular flexibility index (Phi) is 7.21. The number of rotatable bonds is 6. The van der Waals surface area contributed by atoms with E-state index in [1.165, 1.54) is 13.3 Å². The number of methoxy groups -OCH3 is 1. The molecule has 0 bridgehead atoms. The Morgan fingerprint density at radius 1 is 1.03 bits per heavy atom. The first-order valence-electron chi connectivity index (χ1n) is 8.71. The van der Waals surface area contributed by atoms with Crippen molar-refractivity contribution in [2.24, 2.45) is 5.10 Å². The number of ether oxygens (including phenoxy) is 2. The molecule has 6 nitrogen and oxygen atoms in total. The SMILES string of the molecule is COc1cc(/C=N\NC(=O)c2cccc(Br)c2)ccc1OC(=O)c1ccccc1Cl. The van der Waals surface area contributed by atoms with Gasteiger partial charge in [0.05, 0.1) is 23.9 Å². The fourth-order valence-electron chi connectivity index (χ4n) is 2.49. The number of amides is 1. The molecule has 152 valence electrons. The molecular weight excluding hydrogens is 472 g/mol. The lowest BCUT2D eigenvalue weighted by Crippen LogP contribution is -2.17. The zero-order valence-electron chi connectivity index (χ0n) is 15.8. The van der Waals surface area contributed by atoms with E-state index in [2.05, 4.69) is 26.5 Å². The molecule has 8 heteroatoms. The Morgan fingerprint density at radius 2 is 1.83 bits per heavy atom. The van der Waals surface area contributed by atoms with Crippen LogP contribution in [-0.4, -0.2) is 25.2 Å². The molecule has 0 unspecified atom stereocenters. The Hall–Kier alpha value is -3.16. The van der Waals surface area contributed by atoms with Gasteiger partial charge in [0.1, 0.15) is 0 Å². The van der Waals surface area contributed by atoms with Crippen LogP contribution in [0.1, 0.15) is 26.3 Å². The molecular formula is C22H16BrClN2O4. The summed E-state index contributed by atoms with van der Waals surface area (Å²) >= 11 is 9.35. The molecule has 1 amide bonds. The number of hydrogen-bond donors (Lipinski definition) is 1. The zero-order valence-corrected chi connectivity index (χ0v) is 18.1. The van der Waals surface area contributed by atoms with Gasteiger partial charge < -0.3 is 9.47 Å². The topological polar surface area (TPSA) is 77.0 Å². The highest BCUT2D eigenvalue weighted by atomic mass is 79.9. The first-order chi connectivity index (χ1) is 14.5. The number of hydrazone groups is 1. The summed E-state index contributed by atoms with van der Waals surface area (Å²) in [5.74, 6) is -0.373. The van der Waals surface area contributed by atoms with Gasteiger partial charge in [-0.3, -0.25) is 4.79 Å². The van der Waals surface area contributed by atoms with Crippen molar-refractivity contribution in [1.29, 1.82) is 0 Å². The van der Waals surface area contributed by atoms with Crippen molar-refractivity contribution in [2.45, 2.75) is 0 Å². The van der Waals surface area contributed by atoms with E-state index in [0.717, 1.165) is 4.47 Å². The second kappa shape index (κ2) is 10.0. The molecule has 0 saturated heterocycles. The minimum absolute atomic E-state index is 0.234. The number of halogens is 2. The van der Waals surface area contributed by atoms with Crippen LogP contribution in [0, 0.1) is 0 Å². The number of carbonyl (C=O) groups excluding carboxylic acids is 2. The first-order valence-corrected chi connectivity index (χ1v) is 9.89. The molecule has 0 atom stereocenters.